The molecule has 0 saturated carbocycles. The summed E-state index contributed by atoms with van der Waals surface area (Å²) in [7, 11) is 10.6. The third kappa shape index (κ3) is 30.2. The zero-order chi connectivity index (χ0) is 92.9. The van der Waals surface area contributed by atoms with Crippen molar-refractivity contribution in [1.29, 1.82) is 0 Å². The Balaban J connectivity index is 0.000000190. The van der Waals surface area contributed by atoms with Gasteiger partial charge >= 0.3 is 21.1 Å². The largest absolute Gasteiger partial charge is 0.508 e. The van der Waals surface area contributed by atoms with E-state index in [4.69, 9.17) is 128 Å². The summed E-state index contributed by atoms with van der Waals surface area (Å²) in [5.74, 6) is 5.81. The van der Waals surface area contributed by atoms with Crippen LogP contribution in [0.2, 0.25) is 0 Å². The molecule has 702 valence electrons. The summed E-state index contributed by atoms with van der Waals surface area (Å²) in [6, 6.07) is 42.7. The van der Waals surface area contributed by atoms with Gasteiger partial charge in [-0.25, -0.2) is 29.8 Å². The number of aliphatic hydroxyl groups is 1. The van der Waals surface area contributed by atoms with Crippen molar-refractivity contribution in [3.63, 3.8) is 0 Å². The van der Waals surface area contributed by atoms with Gasteiger partial charge in [0, 0.05) is 154 Å². The van der Waals surface area contributed by atoms with E-state index in [1.807, 2.05) is 152 Å². The van der Waals surface area contributed by atoms with E-state index in [2.05, 4.69) is 103 Å². The second-order valence-electron chi connectivity index (χ2n) is 34.8. The molecule has 6 aromatic carbocycles. The van der Waals surface area contributed by atoms with E-state index in [-0.39, 0.29) is 47.3 Å². The number of phenolic OH excluding ortho intramolecular Hbond substituents is 1. The van der Waals surface area contributed by atoms with E-state index in [1.54, 1.807) is 67.8 Å². The van der Waals surface area contributed by atoms with Crippen LogP contribution in [0.4, 0.5) is 0 Å². The van der Waals surface area contributed by atoms with E-state index >= 15 is 0 Å². The van der Waals surface area contributed by atoms with Crippen molar-refractivity contribution in [2.45, 2.75) is 210 Å². The minimum absolute atomic E-state index is 0.230. The number of hydrogen-bond donors (Lipinski definition) is 4. The molecule has 0 aromatic heterocycles. The maximum absolute atomic E-state index is 8.78. The predicted molar refractivity (Wildman–Crippen MR) is 507 cm³/mol. The number of aliphatic hydroxyl groups excluding tert-OH is 1. The van der Waals surface area contributed by atoms with Gasteiger partial charge in [0.15, 0.2) is 0 Å². The fraction of sp³-hybridized carbons (Fsp3) is 0.587. The number of guanidine groups is 2. The number of benzene rings is 6. The molecule has 9 heterocycles. The van der Waals surface area contributed by atoms with Crippen molar-refractivity contribution in [3.8, 4) is 45.6 Å². The molecule has 0 bridgehead atoms. The molecule has 35 heteroatoms. The Bertz CT molecular complexity index is 4310. The van der Waals surface area contributed by atoms with Gasteiger partial charge in [-0.1, -0.05) is 90.3 Å². The van der Waals surface area contributed by atoms with Crippen molar-refractivity contribution < 1.29 is 105 Å². The quantitative estimate of drug-likeness (QED) is 0.0248. The molecular formula is C92H135B3Br3ClN6O22. The van der Waals surface area contributed by atoms with Crippen LogP contribution < -0.4 is 40.6 Å². The van der Waals surface area contributed by atoms with E-state index in [0.29, 0.717) is 89.2 Å². The number of halogens is 4. The number of hydrogen-bond acceptors (Lipinski definition) is 28. The fourth-order valence-corrected chi connectivity index (χ4v) is 15.5. The number of rotatable bonds is 24. The van der Waals surface area contributed by atoms with Gasteiger partial charge in [-0.3, -0.25) is 0 Å². The van der Waals surface area contributed by atoms with Crippen LogP contribution >= 0.6 is 59.4 Å². The molecule has 4 unspecified atom stereocenters. The molecule has 0 aliphatic carbocycles. The fourth-order valence-electron chi connectivity index (χ4n) is 14.3. The van der Waals surface area contributed by atoms with Gasteiger partial charge < -0.3 is 106 Å². The third-order valence-corrected chi connectivity index (χ3v) is 24.9. The number of phenols is 1. The van der Waals surface area contributed by atoms with Crippen molar-refractivity contribution in [2.24, 2.45) is 21.5 Å². The Labute approximate surface area is 783 Å². The lowest BCUT2D eigenvalue weighted by Crippen LogP contribution is -2.53. The van der Waals surface area contributed by atoms with Crippen LogP contribution in [0.5, 0.6) is 34.5 Å². The highest BCUT2D eigenvalue weighted by molar-refractivity contribution is 9.11. The van der Waals surface area contributed by atoms with Gasteiger partial charge in [0.05, 0.1) is 77.8 Å². The monoisotopic (exact) mass is 1980 g/mol. The highest BCUT2D eigenvalue weighted by Gasteiger charge is 2.64. The summed E-state index contributed by atoms with van der Waals surface area (Å²) in [5, 5.41) is 20.0. The molecule has 9 aliphatic rings. The first-order valence-corrected chi connectivity index (χ1v) is 46.2. The van der Waals surface area contributed by atoms with Gasteiger partial charge in [0.2, 0.25) is 23.4 Å². The summed E-state index contributed by atoms with van der Waals surface area (Å²) in [6.07, 6.45) is 9.20. The second-order valence-corrected chi connectivity index (χ2v) is 38.0. The summed E-state index contributed by atoms with van der Waals surface area (Å²) >= 11 is 15.4. The molecule has 6 aromatic rings. The Morgan fingerprint density at radius 3 is 1.21 bits per heavy atom. The minimum atomic E-state index is -0.933. The SMILES string of the molecule is CC1(C)OB(B2OC(C)(C)C(C)(C)O2)OC1(C)C.CN1OC2(CC3(CCCOC3)Oc3ccc(Br)cc32)N=C1N.COCCCCl.COCCCO.COCCCOc1cccc(-c2ccc3c(c2)C2(CC4(CCCOC4)O3)N=C(N)N(C)O2)c1.COCCCOc1cccc(B2OC(C)(C)C(C)(C)O2)c1.COCCCOc1cccc(Br)c1.Oc1cccc(Br)c1. The van der Waals surface area contributed by atoms with E-state index in [1.165, 1.54) is 10.1 Å². The van der Waals surface area contributed by atoms with E-state index in [0.717, 1.165) is 154 Å². The van der Waals surface area contributed by atoms with Crippen LogP contribution in [0.25, 0.3) is 11.1 Å². The molecule has 4 spiro atoms. The lowest BCUT2D eigenvalue weighted by atomic mass is 9.49. The Hall–Kier alpha value is -6.06. The average Bonchev–Trinajstić information content (AvgIpc) is 1.71. The first-order valence-electron chi connectivity index (χ1n) is 43.2. The number of fused-ring (bicyclic) bond motifs is 4. The van der Waals surface area contributed by atoms with Gasteiger partial charge in [-0.2, -0.15) is 0 Å². The molecule has 4 atom stereocenters. The maximum Gasteiger partial charge on any atom is 0.494 e. The number of ether oxygens (including phenoxy) is 12. The summed E-state index contributed by atoms with van der Waals surface area (Å²) < 4.78 is 105. The number of aromatic hydroxyl groups is 1. The van der Waals surface area contributed by atoms with Gasteiger partial charge in [-0.15, -0.1) is 11.6 Å². The zero-order valence-electron chi connectivity index (χ0n) is 77.6. The number of hydroxylamine groups is 4. The van der Waals surface area contributed by atoms with Gasteiger partial charge in [0.25, 0.3) is 0 Å². The molecule has 28 nitrogen and oxygen atoms in total. The summed E-state index contributed by atoms with van der Waals surface area (Å²) in [6.45, 7) is 32.8. The average molecular weight is 1980 g/mol. The van der Waals surface area contributed by atoms with Crippen LogP contribution in [0.3, 0.4) is 0 Å². The molecule has 6 N–H and O–H groups in total. The summed E-state index contributed by atoms with van der Waals surface area (Å²) in [4.78, 5) is 21.8. The highest BCUT2D eigenvalue weighted by atomic mass is 79.9. The maximum atomic E-state index is 8.78. The standard InChI is InChI=1S/C25H31N3O5.C16H25BO4.C15H18BrN3O3.C12H24B2O4.C10H13BrO2.C6H5BrO.C4H9ClO.C4H10O2/c1-28-23(26)27-25(33-28)16-24(10-4-12-30-17-24)32-22-9-8-19(15-21(22)25)18-6-3-7-20(14-18)31-13-5-11-29-2;1-15(2)16(3,4)21-17(20-15)13-8-6-9-14(12-13)19-11-7-10-18-5;1-19-13(17)18-15(22-19)8-14(5-2-6-20-9-14)21-12-4-3-10(16)7-11(12)15;1-9(2)10(3,4)16-13(15-9)14-17-11(5,6)12(7,8)18-14;1-12-6-3-7-13-10-5-2-4-9(11)8-10;7-5-2-1-3-6(8)4-5;2*1-6-4-2-3-5/h3,6-9,14-15H,4-5,10-13,16-17H2,1-2H3,(H2,26,27);6,8-9,12H,7,10-11H2,1-5H3;3-4,7H,2,5-6,8-9H2,1H3,(H2,17,18);1-8H3;2,4-5,8H,3,6-7H2,1H3;1-4,8H;2-4H2,1H3;5H,2-4H2,1H3. The van der Waals surface area contributed by atoms with Crippen molar-refractivity contribution in [1.82, 2.24) is 10.1 Å². The highest BCUT2D eigenvalue weighted by Crippen LogP contribution is 2.54. The molecule has 127 heavy (non-hydrogen) atoms. The lowest BCUT2D eigenvalue weighted by molar-refractivity contribution is -0.216. The number of methoxy groups -OCH3 is 5. The van der Waals surface area contributed by atoms with Crippen LogP contribution in [-0.4, -0.2) is 240 Å². The number of aliphatic imine (C=N–C) groups is 2. The molecular weight excluding hydrogens is 1850 g/mol. The number of nitrogens with two attached hydrogens (primary N) is 2. The Morgan fingerprint density at radius 2 is 0.827 bits per heavy atom. The van der Waals surface area contributed by atoms with Crippen molar-refractivity contribution >= 4 is 97.9 Å². The summed E-state index contributed by atoms with van der Waals surface area (Å²) in [5.41, 5.74) is 12.2. The van der Waals surface area contributed by atoms with Crippen molar-refractivity contribution in [3.05, 3.63) is 158 Å². The van der Waals surface area contributed by atoms with Crippen LogP contribution in [-0.2, 0) is 82.2 Å². The second kappa shape index (κ2) is 49.1. The van der Waals surface area contributed by atoms with E-state index in [9.17, 15) is 0 Å². The zero-order valence-corrected chi connectivity index (χ0v) is 83.1. The van der Waals surface area contributed by atoms with Crippen molar-refractivity contribution in [2.75, 3.05) is 141 Å². The topological polar surface area (TPSA) is 308 Å². The smallest absolute Gasteiger partial charge is 0.494 e. The normalized spacial score (nSPS) is 22.9. The Kier molecular flexibility index (Phi) is 41.1. The molecule has 15 rings (SSSR count). The van der Waals surface area contributed by atoms with Crippen LogP contribution in [0.1, 0.15) is 165 Å². The van der Waals surface area contributed by atoms with Gasteiger partial charge in [-0.05, 0) is 229 Å². The van der Waals surface area contributed by atoms with Crippen LogP contribution in [0, 0.1) is 0 Å². The molecule has 5 fully saturated rings. The molecule has 5 saturated heterocycles. The first kappa shape index (κ1) is 106. The molecule has 9 aliphatic heterocycles. The Morgan fingerprint density at radius 1 is 0.441 bits per heavy atom. The lowest BCUT2D eigenvalue weighted by Gasteiger charge is -2.46. The van der Waals surface area contributed by atoms with Gasteiger partial charge in [0.1, 0.15) is 45.7 Å². The number of alkyl halides is 1. The third-order valence-electron chi connectivity index (χ3n) is 23.1. The molecule has 0 amide bonds. The number of nitrogens with zero attached hydrogens (tertiary/aromatic N) is 4. The van der Waals surface area contributed by atoms with Crippen LogP contribution in [0.15, 0.2) is 157 Å². The van der Waals surface area contributed by atoms with E-state index < -0.39 is 36.7 Å². The first-order chi connectivity index (χ1) is 60.2. The minimum Gasteiger partial charge on any atom is -0.508 e. The predicted octanol–water partition coefficient (Wildman–Crippen LogP) is 16.5. The molecule has 0 radical (unpaired) electrons.